The van der Waals surface area contributed by atoms with E-state index >= 15 is 0 Å². The van der Waals surface area contributed by atoms with Crippen molar-refractivity contribution in [3.63, 3.8) is 0 Å². The number of aliphatic carboxylic acids is 1. The zero-order valence-electron chi connectivity index (χ0n) is 11.1. The summed E-state index contributed by atoms with van der Waals surface area (Å²) in [6.07, 6.45) is 6.44. The van der Waals surface area contributed by atoms with E-state index in [0.29, 0.717) is 12.0 Å². The average molecular weight is 239 g/mol. The van der Waals surface area contributed by atoms with E-state index in [9.17, 15) is 9.90 Å². The van der Waals surface area contributed by atoms with Gasteiger partial charge in [-0.3, -0.25) is 9.69 Å². The second-order valence-corrected chi connectivity index (χ2v) is 6.12. The van der Waals surface area contributed by atoms with E-state index in [2.05, 4.69) is 18.7 Å². The van der Waals surface area contributed by atoms with Gasteiger partial charge in [-0.15, -0.1) is 0 Å². The number of carbonyl (C=O) groups is 1. The Morgan fingerprint density at radius 1 is 1.29 bits per heavy atom. The van der Waals surface area contributed by atoms with Crippen LogP contribution in [-0.4, -0.2) is 35.1 Å². The summed E-state index contributed by atoms with van der Waals surface area (Å²) in [7, 11) is 0. The Hall–Kier alpha value is -0.570. The Labute approximate surface area is 104 Å². The predicted molar refractivity (Wildman–Crippen MR) is 68.0 cm³/mol. The Balaban J connectivity index is 2.05. The number of nitrogens with zero attached hydrogens (tertiary/aromatic N) is 1. The summed E-state index contributed by atoms with van der Waals surface area (Å²) in [6, 6.07) is 0.542. The summed E-state index contributed by atoms with van der Waals surface area (Å²) in [5, 5.41) is 9.52. The molecule has 17 heavy (non-hydrogen) atoms. The van der Waals surface area contributed by atoms with Crippen molar-refractivity contribution in [2.24, 2.45) is 11.3 Å². The lowest BCUT2D eigenvalue weighted by Gasteiger charge is -2.41. The van der Waals surface area contributed by atoms with Crippen LogP contribution in [0.25, 0.3) is 0 Å². The fourth-order valence-electron chi connectivity index (χ4n) is 3.52. The molecule has 1 heterocycles. The lowest BCUT2D eigenvalue weighted by molar-refractivity contribution is -0.150. The highest BCUT2D eigenvalue weighted by molar-refractivity contribution is 5.75. The van der Waals surface area contributed by atoms with Gasteiger partial charge in [0.2, 0.25) is 0 Å². The van der Waals surface area contributed by atoms with Crippen molar-refractivity contribution >= 4 is 5.97 Å². The molecule has 0 radical (unpaired) electrons. The van der Waals surface area contributed by atoms with E-state index in [1.54, 1.807) is 0 Å². The summed E-state index contributed by atoms with van der Waals surface area (Å²) in [6.45, 7) is 6.40. The second-order valence-electron chi connectivity index (χ2n) is 6.12. The first-order valence-corrected chi connectivity index (χ1v) is 7.03. The van der Waals surface area contributed by atoms with Crippen molar-refractivity contribution in [1.29, 1.82) is 0 Å². The van der Waals surface area contributed by atoms with Crippen LogP contribution in [0.2, 0.25) is 0 Å². The SMILES string of the molecule is CC1CCCN(CC2(C(=O)O)CCCC2)C1C. The largest absolute Gasteiger partial charge is 0.481 e. The van der Waals surface area contributed by atoms with Crippen molar-refractivity contribution in [2.75, 3.05) is 13.1 Å². The Bertz CT molecular complexity index is 284. The third kappa shape index (κ3) is 2.49. The minimum absolute atomic E-state index is 0.439. The molecular weight excluding hydrogens is 214 g/mol. The molecule has 0 aromatic heterocycles. The first kappa shape index (κ1) is 12.9. The normalized spacial score (nSPS) is 33.8. The standard InChI is InChI=1S/C14H25NO2/c1-11-6-5-9-15(12(11)2)10-14(13(16)17)7-3-4-8-14/h11-12H,3-10H2,1-2H3,(H,16,17). The maximum absolute atomic E-state index is 11.6. The van der Waals surface area contributed by atoms with Gasteiger partial charge >= 0.3 is 5.97 Å². The summed E-state index contributed by atoms with van der Waals surface area (Å²) >= 11 is 0. The monoisotopic (exact) mass is 239 g/mol. The van der Waals surface area contributed by atoms with Gasteiger partial charge in [0.05, 0.1) is 5.41 Å². The van der Waals surface area contributed by atoms with Gasteiger partial charge in [0.15, 0.2) is 0 Å². The van der Waals surface area contributed by atoms with E-state index in [1.807, 2.05) is 0 Å². The number of hydrogen-bond donors (Lipinski definition) is 1. The molecule has 0 aromatic carbocycles. The molecule has 3 nitrogen and oxygen atoms in total. The Kier molecular flexibility index (Phi) is 3.76. The van der Waals surface area contributed by atoms with Crippen molar-refractivity contribution in [2.45, 2.75) is 58.4 Å². The number of carboxylic acid groups (broad SMARTS) is 1. The van der Waals surface area contributed by atoms with Gasteiger partial charge in [-0.1, -0.05) is 19.8 Å². The number of rotatable bonds is 3. The average Bonchev–Trinajstić information content (AvgIpc) is 2.75. The molecule has 2 aliphatic rings. The molecule has 2 rings (SSSR count). The molecule has 1 saturated heterocycles. The zero-order chi connectivity index (χ0) is 12.5. The van der Waals surface area contributed by atoms with Crippen LogP contribution in [0.15, 0.2) is 0 Å². The summed E-state index contributed by atoms with van der Waals surface area (Å²) in [5.41, 5.74) is -0.439. The fourth-order valence-corrected chi connectivity index (χ4v) is 3.52. The van der Waals surface area contributed by atoms with E-state index in [0.717, 1.165) is 38.8 Å². The van der Waals surface area contributed by atoms with Crippen molar-refractivity contribution in [3.8, 4) is 0 Å². The predicted octanol–water partition coefficient (Wildman–Crippen LogP) is 2.75. The van der Waals surface area contributed by atoms with Crippen LogP contribution >= 0.6 is 0 Å². The molecule has 2 fully saturated rings. The second kappa shape index (κ2) is 4.97. The van der Waals surface area contributed by atoms with Gasteiger partial charge in [0.1, 0.15) is 0 Å². The van der Waals surface area contributed by atoms with Crippen LogP contribution < -0.4 is 0 Å². The molecule has 2 unspecified atom stereocenters. The highest BCUT2D eigenvalue weighted by Gasteiger charge is 2.43. The van der Waals surface area contributed by atoms with Gasteiger partial charge in [0.25, 0.3) is 0 Å². The van der Waals surface area contributed by atoms with Crippen molar-refractivity contribution < 1.29 is 9.90 Å². The molecule has 1 aliphatic heterocycles. The fraction of sp³-hybridized carbons (Fsp3) is 0.929. The molecule has 1 aliphatic carbocycles. The number of carboxylic acids is 1. The zero-order valence-corrected chi connectivity index (χ0v) is 11.1. The van der Waals surface area contributed by atoms with E-state index < -0.39 is 11.4 Å². The summed E-state index contributed by atoms with van der Waals surface area (Å²) in [4.78, 5) is 14.0. The minimum atomic E-state index is -0.569. The first-order valence-electron chi connectivity index (χ1n) is 7.03. The van der Waals surface area contributed by atoms with Crippen LogP contribution in [-0.2, 0) is 4.79 Å². The van der Waals surface area contributed by atoms with Crippen molar-refractivity contribution in [3.05, 3.63) is 0 Å². The van der Waals surface area contributed by atoms with Gasteiger partial charge in [-0.05, 0) is 45.1 Å². The van der Waals surface area contributed by atoms with Gasteiger partial charge in [-0.2, -0.15) is 0 Å². The Morgan fingerprint density at radius 2 is 1.94 bits per heavy atom. The van der Waals surface area contributed by atoms with Gasteiger partial charge < -0.3 is 5.11 Å². The molecule has 2 atom stereocenters. The maximum atomic E-state index is 11.6. The maximum Gasteiger partial charge on any atom is 0.310 e. The minimum Gasteiger partial charge on any atom is -0.481 e. The van der Waals surface area contributed by atoms with Crippen LogP contribution in [0.1, 0.15) is 52.4 Å². The van der Waals surface area contributed by atoms with Crippen LogP contribution in [0, 0.1) is 11.3 Å². The highest BCUT2D eigenvalue weighted by Crippen LogP contribution is 2.40. The van der Waals surface area contributed by atoms with E-state index in [4.69, 9.17) is 0 Å². The summed E-state index contributed by atoms with van der Waals surface area (Å²) < 4.78 is 0. The number of piperidine rings is 1. The van der Waals surface area contributed by atoms with E-state index in [1.165, 1.54) is 12.8 Å². The first-order chi connectivity index (χ1) is 8.05. The molecule has 0 aromatic rings. The molecule has 0 bridgehead atoms. The van der Waals surface area contributed by atoms with Crippen LogP contribution in [0.3, 0.4) is 0 Å². The highest BCUT2D eigenvalue weighted by atomic mass is 16.4. The molecule has 98 valence electrons. The van der Waals surface area contributed by atoms with Crippen LogP contribution in [0.5, 0.6) is 0 Å². The lowest BCUT2D eigenvalue weighted by atomic mass is 9.83. The molecule has 0 spiro atoms. The molecule has 3 heteroatoms. The smallest absolute Gasteiger partial charge is 0.310 e. The van der Waals surface area contributed by atoms with Crippen molar-refractivity contribution in [1.82, 2.24) is 4.90 Å². The topological polar surface area (TPSA) is 40.5 Å². The number of hydrogen-bond acceptors (Lipinski definition) is 2. The molecule has 1 saturated carbocycles. The third-order valence-corrected chi connectivity index (χ3v) is 5.02. The third-order valence-electron chi connectivity index (χ3n) is 5.02. The lowest BCUT2D eigenvalue weighted by Crippen LogP contribution is -2.49. The molecule has 0 amide bonds. The summed E-state index contributed by atoms with van der Waals surface area (Å²) in [5.74, 6) is 0.136. The quantitative estimate of drug-likeness (QED) is 0.823. The number of likely N-dealkylation sites (tertiary alicyclic amines) is 1. The molecule has 1 N–H and O–H groups in total. The molecular formula is C14H25NO2. The van der Waals surface area contributed by atoms with Crippen LogP contribution in [0.4, 0.5) is 0 Å². The van der Waals surface area contributed by atoms with Gasteiger partial charge in [-0.25, -0.2) is 0 Å². The van der Waals surface area contributed by atoms with Gasteiger partial charge in [0, 0.05) is 12.6 Å². The Morgan fingerprint density at radius 3 is 2.53 bits per heavy atom. The van der Waals surface area contributed by atoms with E-state index in [-0.39, 0.29) is 0 Å².